The smallest absolute Gasteiger partial charge is 0.162 e. The molecule has 1 rings (SSSR count). The summed E-state index contributed by atoms with van der Waals surface area (Å²) in [6.07, 6.45) is 2.03. The highest BCUT2D eigenvalue weighted by molar-refractivity contribution is 6.52. The summed E-state index contributed by atoms with van der Waals surface area (Å²) in [6, 6.07) is 10.2. The SMILES string of the molecule is C[SiH](C)N(Cc1ccccc1)N=CC=O. The molecular formula is C11H16N2OSi. The zero-order valence-corrected chi connectivity index (χ0v) is 10.3. The van der Waals surface area contributed by atoms with Gasteiger partial charge in [-0.2, -0.15) is 5.10 Å². The first-order valence-electron chi connectivity index (χ1n) is 5.02. The first-order valence-corrected chi connectivity index (χ1v) is 7.85. The van der Waals surface area contributed by atoms with Crippen LogP contribution in [-0.4, -0.2) is 26.1 Å². The van der Waals surface area contributed by atoms with Crippen molar-refractivity contribution < 1.29 is 4.79 Å². The number of aldehydes is 1. The van der Waals surface area contributed by atoms with Gasteiger partial charge in [-0.1, -0.05) is 43.4 Å². The fourth-order valence-electron chi connectivity index (χ4n) is 1.24. The minimum absolute atomic E-state index is 0.717. The van der Waals surface area contributed by atoms with Gasteiger partial charge in [-0.05, 0) is 5.56 Å². The highest BCUT2D eigenvalue weighted by Crippen LogP contribution is 2.06. The predicted octanol–water partition coefficient (Wildman–Crippen LogP) is 1.66. The van der Waals surface area contributed by atoms with Gasteiger partial charge in [0.25, 0.3) is 0 Å². The molecule has 4 heteroatoms. The molecule has 0 aliphatic heterocycles. The number of carbonyl (C=O) groups excluding carboxylic acids is 1. The number of benzene rings is 1. The van der Waals surface area contributed by atoms with Gasteiger partial charge < -0.3 is 4.67 Å². The Morgan fingerprint density at radius 3 is 2.53 bits per heavy atom. The molecule has 0 aromatic heterocycles. The Labute approximate surface area is 92.1 Å². The molecule has 80 valence electrons. The maximum atomic E-state index is 10.2. The maximum Gasteiger partial charge on any atom is 0.162 e. The van der Waals surface area contributed by atoms with Crippen molar-refractivity contribution in [3.63, 3.8) is 0 Å². The molecule has 0 spiro atoms. The second kappa shape index (κ2) is 6.13. The first kappa shape index (κ1) is 11.7. The van der Waals surface area contributed by atoms with Crippen LogP contribution in [0.3, 0.4) is 0 Å². The van der Waals surface area contributed by atoms with Crippen molar-refractivity contribution in [2.24, 2.45) is 5.10 Å². The maximum absolute atomic E-state index is 10.2. The monoisotopic (exact) mass is 220 g/mol. The van der Waals surface area contributed by atoms with E-state index in [-0.39, 0.29) is 0 Å². The molecule has 0 aliphatic rings. The number of hydrazone groups is 1. The van der Waals surface area contributed by atoms with Gasteiger partial charge in [0.2, 0.25) is 0 Å². The van der Waals surface area contributed by atoms with E-state index in [1.54, 1.807) is 0 Å². The van der Waals surface area contributed by atoms with E-state index >= 15 is 0 Å². The fraction of sp³-hybridized carbons (Fsp3) is 0.273. The predicted molar refractivity (Wildman–Crippen MR) is 65.4 cm³/mol. The molecule has 0 aliphatic carbocycles. The molecule has 0 heterocycles. The zero-order chi connectivity index (χ0) is 11.1. The van der Waals surface area contributed by atoms with Gasteiger partial charge in [0.15, 0.2) is 15.2 Å². The third kappa shape index (κ3) is 4.08. The third-order valence-corrected chi connectivity index (χ3v) is 3.57. The molecule has 0 radical (unpaired) electrons. The van der Waals surface area contributed by atoms with Crippen molar-refractivity contribution in [3.8, 4) is 0 Å². The number of hydrogen-bond donors (Lipinski definition) is 0. The van der Waals surface area contributed by atoms with E-state index in [4.69, 9.17) is 0 Å². The first-order chi connectivity index (χ1) is 7.24. The molecule has 15 heavy (non-hydrogen) atoms. The lowest BCUT2D eigenvalue weighted by Crippen LogP contribution is -2.29. The molecule has 0 atom stereocenters. The molecule has 0 fully saturated rings. The highest BCUT2D eigenvalue weighted by atomic mass is 28.3. The van der Waals surface area contributed by atoms with E-state index in [9.17, 15) is 4.79 Å². The summed E-state index contributed by atoms with van der Waals surface area (Å²) in [7, 11) is -1.01. The van der Waals surface area contributed by atoms with Gasteiger partial charge in [0, 0.05) is 0 Å². The second-order valence-corrected chi connectivity index (χ2v) is 6.36. The van der Waals surface area contributed by atoms with Crippen LogP contribution in [0.25, 0.3) is 0 Å². The van der Waals surface area contributed by atoms with Crippen LogP contribution in [0.4, 0.5) is 0 Å². The summed E-state index contributed by atoms with van der Waals surface area (Å²) in [5.74, 6) is 0. The van der Waals surface area contributed by atoms with Crippen LogP contribution in [0, 0.1) is 0 Å². The van der Waals surface area contributed by atoms with Crippen LogP contribution in [0.5, 0.6) is 0 Å². The quantitative estimate of drug-likeness (QED) is 0.327. The van der Waals surface area contributed by atoms with E-state index in [0.717, 1.165) is 12.8 Å². The minimum atomic E-state index is -1.01. The van der Waals surface area contributed by atoms with Crippen molar-refractivity contribution >= 4 is 21.5 Å². The molecule has 0 saturated heterocycles. The molecular weight excluding hydrogens is 204 g/mol. The second-order valence-electron chi connectivity index (χ2n) is 3.58. The fourth-order valence-corrected chi connectivity index (χ4v) is 2.16. The van der Waals surface area contributed by atoms with E-state index < -0.39 is 8.96 Å². The van der Waals surface area contributed by atoms with Gasteiger partial charge in [-0.3, -0.25) is 4.79 Å². The summed E-state index contributed by atoms with van der Waals surface area (Å²) >= 11 is 0. The molecule has 1 aromatic carbocycles. The normalized spacial score (nSPS) is 10.9. The number of rotatable bonds is 5. The van der Waals surface area contributed by atoms with Gasteiger partial charge in [-0.15, -0.1) is 0 Å². The molecule has 0 saturated carbocycles. The molecule has 3 nitrogen and oxygen atoms in total. The van der Waals surface area contributed by atoms with Gasteiger partial charge >= 0.3 is 0 Å². The zero-order valence-electron chi connectivity index (χ0n) is 9.13. The van der Waals surface area contributed by atoms with Gasteiger partial charge in [-0.25, -0.2) is 0 Å². The lowest BCUT2D eigenvalue weighted by molar-refractivity contribution is -0.102. The van der Waals surface area contributed by atoms with Crippen molar-refractivity contribution in [3.05, 3.63) is 35.9 Å². The third-order valence-electron chi connectivity index (χ3n) is 2.06. The Balaban J connectivity index is 2.67. The van der Waals surface area contributed by atoms with Crippen molar-refractivity contribution in [1.82, 2.24) is 4.67 Å². The number of hydrogen-bond acceptors (Lipinski definition) is 3. The topological polar surface area (TPSA) is 32.7 Å². The molecule has 0 amide bonds. The average Bonchev–Trinajstić information content (AvgIpc) is 2.25. The molecule has 1 aromatic rings. The van der Waals surface area contributed by atoms with E-state index in [2.05, 4.69) is 30.3 Å². The van der Waals surface area contributed by atoms with Crippen LogP contribution < -0.4 is 0 Å². The van der Waals surface area contributed by atoms with Crippen LogP contribution >= 0.6 is 0 Å². The Hall–Kier alpha value is -1.42. The minimum Gasteiger partial charge on any atom is -0.324 e. The van der Waals surface area contributed by atoms with Crippen LogP contribution in [-0.2, 0) is 11.3 Å². The summed E-state index contributed by atoms with van der Waals surface area (Å²) in [5.41, 5.74) is 1.22. The Morgan fingerprint density at radius 1 is 1.33 bits per heavy atom. The summed E-state index contributed by atoms with van der Waals surface area (Å²) in [5, 5.41) is 4.14. The van der Waals surface area contributed by atoms with E-state index in [1.807, 2.05) is 22.9 Å². The summed E-state index contributed by atoms with van der Waals surface area (Å²) in [4.78, 5) is 10.2. The standard InChI is InChI=1S/C11H16N2OSi/c1-15(2)13(12-8-9-14)10-11-6-4-3-5-7-11/h3-9,15H,10H2,1-2H3. The Morgan fingerprint density at radius 2 is 2.00 bits per heavy atom. The number of carbonyl (C=O) groups is 1. The van der Waals surface area contributed by atoms with Gasteiger partial charge in [0.05, 0.1) is 12.8 Å². The van der Waals surface area contributed by atoms with Crippen LogP contribution in [0.2, 0.25) is 13.1 Å². The van der Waals surface area contributed by atoms with Gasteiger partial charge in [0.1, 0.15) is 0 Å². The Kier molecular flexibility index (Phi) is 4.76. The molecule has 0 N–H and O–H groups in total. The summed E-state index contributed by atoms with van der Waals surface area (Å²) < 4.78 is 2.02. The van der Waals surface area contributed by atoms with E-state index in [1.165, 1.54) is 11.8 Å². The molecule has 0 bridgehead atoms. The largest absolute Gasteiger partial charge is 0.324 e. The summed E-state index contributed by atoms with van der Waals surface area (Å²) in [6.45, 7) is 5.16. The highest BCUT2D eigenvalue weighted by Gasteiger charge is 2.07. The average molecular weight is 220 g/mol. The van der Waals surface area contributed by atoms with Crippen molar-refractivity contribution in [2.45, 2.75) is 19.6 Å². The van der Waals surface area contributed by atoms with Crippen molar-refractivity contribution in [1.29, 1.82) is 0 Å². The lowest BCUT2D eigenvalue weighted by Gasteiger charge is -2.22. The van der Waals surface area contributed by atoms with Crippen LogP contribution in [0.1, 0.15) is 5.56 Å². The number of nitrogens with zero attached hydrogens (tertiary/aromatic N) is 2. The van der Waals surface area contributed by atoms with E-state index in [0.29, 0.717) is 0 Å². The van der Waals surface area contributed by atoms with Crippen molar-refractivity contribution in [2.75, 3.05) is 0 Å². The van der Waals surface area contributed by atoms with Crippen LogP contribution in [0.15, 0.2) is 35.4 Å². The Bertz CT molecular complexity index is 325. The lowest BCUT2D eigenvalue weighted by atomic mass is 10.2. The molecule has 0 unspecified atom stereocenters.